The van der Waals surface area contributed by atoms with Gasteiger partial charge in [0.25, 0.3) is 0 Å². The first-order valence-electron chi connectivity index (χ1n) is 6.50. The number of hydrogen-bond acceptors (Lipinski definition) is 3. The molecule has 106 valence electrons. The van der Waals surface area contributed by atoms with Crippen molar-refractivity contribution in [3.05, 3.63) is 71.5 Å². The number of rotatable bonds is 4. The number of para-hydroxylation sites is 1. The monoisotopic (exact) mass is 315 g/mol. The fraction of sp³-hybridized carbons (Fsp3) is 0.0625. The summed E-state index contributed by atoms with van der Waals surface area (Å²) in [5, 5.41) is 5.25. The third kappa shape index (κ3) is 3.40. The molecule has 0 atom stereocenters. The maximum absolute atomic E-state index is 6.17. The summed E-state index contributed by atoms with van der Waals surface area (Å²) in [7, 11) is 0. The highest BCUT2D eigenvalue weighted by Crippen LogP contribution is 2.30. The Morgan fingerprint density at radius 1 is 1.10 bits per heavy atom. The average Bonchev–Trinajstić information content (AvgIpc) is 2.96. The predicted molar refractivity (Wildman–Crippen MR) is 89.0 cm³/mol. The Balaban J connectivity index is 1.70. The van der Waals surface area contributed by atoms with Crippen LogP contribution in [0.3, 0.4) is 0 Å². The number of nitrogens with zero attached hydrogens (tertiary/aromatic N) is 2. The molecule has 3 nitrogen and oxygen atoms in total. The molecule has 0 unspecified atom stereocenters. The highest BCUT2D eigenvalue weighted by molar-refractivity contribution is 7.98. The Morgan fingerprint density at radius 3 is 2.67 bits per heavy atom. The van der Waals surface area contributed by atoms with Crippen LogP contribution in [0.1, 0.15) is 5.69 Å². The lowest BCUT2D eigenvalue weighted by Gasteiger charge is -2.04. The zero-order valence-electron chi connectivity index (χ0n) is 11.2. The van der Waals surface area contributed by atoms with Crippen LogP contribution in [0.25, 0.3) is 5.69 Å². The Hall–Kier alpha value is -1.91. The van der Waals surface area contributed by atoms with E-state index in [0.29, 0.717) is 10.7 Å². The molecule has 0 amide bonds. The van der Waals surface area contributed by atoms with Crippen molar-refractivity contribution in [3.8, 4) is 5.69 Å². The van der Waals surface area contributed by atoms with Gasteiger partial charge in [0.05, 0.1) is 16.4 Å². The molecule has 2 aromatic carbocycles. The molecule has 21 heavy (non-hydrogen) atoms. The Morgan fingerprint density at radius 2 is 1.90 bits per heavy atom. The molecule has 1 aromatic heterocycles. The van der Waals surface area contributed by atoms with Gasteiger partial charge in [-0.1, -0.05) is 29.8 Å². The summed E-state index contributed by atoms with van der Waals surface area (Å²) in [5.41, 5.74) is 8.44. The Kier molecular flexibility index (Phi) is 4.18. The lowest BCUT2D eigenvalue weighted by molar-refractivity contribution is 0.859. The number of benzene rings is 2. The number of thioether (sulfide) groups is 1. The second kappa shape index (κ2) is 6.24. The summed E-state index contributed by atoms with van der Waals surface area (Å²) in [5.74, 6) is 0.767. The quantitative estimate of drug-likeness (QED) is 0.573. The van der Waals surface area contributed by atoms with Gasteiger partial charge in [-0.3, -0.25) is 0 Å². The maximum atomic E-state index is 6.17. The minimum Gasteiger partial charge on any atom is -0.399 e. The van der Waals surface area contributed by atoms with Crippen molar-refractivity contribution in [3.63, 3.8) is 0 Å². The van der Waals surface area contributed by atoms with E-state index in [1.165, 1.54) is 0 Å². The minimum atomic E-state index is 0.678. The van der Waals surface area contributed by atoms with E-state index >= 15 is 0 Å². The van der Waals surface area contributed by atoms with Crippen molar-refractivity contribution in [1.82, 2.24) is 9.78 Å². The number of hydrogen-bond donors (Lipinski definition) is 1. The molecule has 0 aliphatic heterocycles. The van der Waals surface area contributed by atoms with Gasteiger partial charge in [0.2, 0.25) is 0 Å². The standard InChI is InChI=1S/C16H14ClN3S/c17-15-10-12(18)6-7-16(15)21-11-13-8-9-20(19-13)14-4-2-1-3-5-14/h1-10H,11,18H2. The summed E-state index contributed by atoms with van der Waals surface area (Å²) in [6.45, 7) is 0. The summed E-state index contributed by atoms with van der Waals surface area (Å²) >= 11 is 7.82. The second-order valence-corrected chi connectivity index (χ2v) is 5.99. The molecular weight excluding hydrogens is 302 g/mol. The molecule has 2 N–H and O–H groups in total. The zero-order chi connectivity index (χ0) is 14.7. The zero-order valence-corrected chi connectivity index (χ0v) is 12.8. The first-order chi connectivity index (χ1) is 10.2. The van der Waals surface area contributed by atoms with Gasteiger partial charge in [0.1, 0.15) is 0 Å². The van der Waals surface area contributed by atoms with Crippen LogP contribution in [-0.4, -0.2) is 9.78 Å². The topological polar surface area (TPSA) is 43.8 Å². The van der Waals surface area contributed by atoms with Gasteiger partial charge in [-0.05, 0) is 36.4 Å². The molecule has 0 aliphatic rings. The van der Waals surface area contributed by atoms with Crippen LogP contribution in [0.15, 0.2) is 65.7 Å². The Bertz CT molecular complexity index is 740. The van der Waals surface area contributed by atoms with Gasteiger partial charge in [-0.2, -0.15) is 5.10 Å². The normalized spacial score (nSPS) is 10.7. The third-order valence-corrected chi connectivity index (χ3v) is 4.53. The van der Waals surface area contributed by atoms with E-state index in [1.807, 2.05) is 59.4 Å². The van der Waals surface area contributed by atoms with Crippen LogP contribution >= 0.6 is 23.4 Å². The van der Waals surface area contributed by atoms with Crippen LogP contribution in [0, 0.1) is 0 Å². The average molecular weight is 316 g/mol. The van der Waals surface area contributed by atoms with E-state index in [2.05, 4.69) is 5.10 Å². The van der Waals surface area contributed by atoms with Crippen LogP contribution in [0.5, 0.6) is 0 Å². The lowest BCUT2D eigenvalue weighted by atomic mass is 10.3. The number of nitrogen functional groups attached to an aromatic ring is 1. The van der Waals surface area contributed by atoms with E-state index in [-0.39, 0.29) is 0 Å². The summed E-state index contributed by atoms with van der Waals surface area (Å²) in [6.07, 6.45) is 1.97. The second-order valence-electron chi connectivity index (χ2n) is 4.57. The van der Waals surface area contributed by atoms with E-state index in [0.717, 1.165) is 22.0 Å². The highest BCUT2D eigenvalue weighted by Gasteiger charge is 2.05. The fourth-order valence-corrected chi connectivity index (χ4v) is 3.12. The van der Waals surface area contributed by atoms with Crippen molar-refractivity contribution in [2.45, 2.75) is 10.6 Å². The molecule has 3 aromatic rings. The number of anilines is 1. The van der Waals surface area contributed by atoms with Crippen LogP contribution in [0.4, 0.5) is 5.69 Å². The molecular formula is C16H14ClN3S. The summed E-state index contributed by atoms with van der Waals surface area (Å²) < 4.78 is 1.88. The van der Waals surface area contributed by atoms with E-state index < -0.39 is 0 Å². The van der Waals surface area contributed by atoms with Crippen molar-refractivity contribution in [2.75, 3.05) is 5.73 Å². The summed E-state index contributed by atoms with van der Waals surface area (Å²) in [4.78, 5) is 1.01. The smallest absolute Gasteiger partial charge is 0.0731 e. The fourth-order valence-electron chi connectivity index (χ4n) is 1.95. The van der Waals surface area contributed by atoms with Gasteiger partial charge < -0.3 is 5.73 Å². The van der Waals surface area contributed by atoms with E-state index in [1.54, 1.807) is 17.8 Å². The maximum Gasteiger partial charge on any atom is 0.0731 e. The molecule has 0 bridgehead atoms. The van der Waals surface area contributed by atoms with Crippen molar-refractivity contribution < 1.29 is 0 Å². The Labute approximate surface area is 132 Å². The van der Waals surface area contributed by atoms with Gasteiger partial charge >= 0.3 is 0 Å². The number of aromatic nitrogens is 2. The van der Waals surface area contributed by atoms with Gasteiger partial charge in [-0.25, -0.2) is 4.68 Å². The minimum absolute atomic E-state index is 0.678. The van der Waals surface area contributed by atoms with Gasteiger partial charge in [0.15, 0.2) is 0 Å². The molecule has 0 fully saturated rings. The van der Waals surface area contributed by atoms with E-state index in [4.69, 9.17) is 17.3 Å². The molecule has 0 spiro atoms. The molecule has 5 heteroatoms. The first kappa shape index (κ1) is 14.0. The molecule has 0 aliphatic carbocycles. The number of halogens is 1. The molecule has 0 radical (unpaired) electrons. The lowest BCUT2D eigenvalue weighted by Crippen LogP contribution is -1.95. The van der Waals surface area contributed by atoms with Crippen molar-refractivity contribution >= 4 is 29.1 Å². The van der Waals surface area contributed by atoms with Gasteiger partial charge in [0, 0.05) is 22.5 Å². The molecule has 0 saturated carbocycles. The predicted octanol–water partition coefficient (Wildman–Crippen LogP) is 4.40. The van der Waals surface area contributed by atoms with Crippen LogP contribution < -0.4 is 5.73 Å². The van der Waals surface area contributed by atoms with Gasteiger partial charge in [-0.15, -0.1) is 11.8 Å². The van der Waals surface area contributed by atoms with E-state index in [9.17, 15) is 0 Å². The van der Waals surface area contributed by atoms with Crippen LogP contribution in [-0.2, 0) is 5.75 Å². The molecule has 3 rings (SSSR count). The SMILES string of the molecule is Nc1ccc(SCc2ccn(-c3ccccc3)n2)c(Cl)c1. The summed E-state index contributed by atoms with van der Waals surface area (Å²) in [6, 6.07) is 17.6. The first-order valence-corrected chi connectivity index (χ1v) is 7.86. The highest BCUT2D eigenvalue weighted by atomic mass is 35.5. The third-order valence-electron chi connectivity index (χ3n) is 3.00. The van der Waals surface area contributed by atoms with Crippen LogP contribution in [0.2, 0.25) is 5.02 Å². The molecule has 1 heterocycles. The largest absolute Gasteiger partial charge is 0.399 e. The van der Waals surface area contributed by atoms with Crippen molar-refractivity contribution in [1.29, 1.82) is 0 Å². The number of nitrogens with two attached hydrogens (primary N) is 1. The van der Waals surface area contributed by atoms with Crippen molar-refractivity contribution in [2.24, 2.45) is 0 Å². The molecule has 0 saturated heterocycles.